The van der Waals surface area contributed by atoms with Gasteiger partial charge in [0.1, 0.15) is 0 Å². The predicted octanol–water partition coefficient (Wildman–Crippen LogP) is 5.87. The molecule has 2 aromatic carbocycles. The molecule has 1 amide bonds. The van der Waals surface area contributed by atoms with Crippen molar-refractivity contribution in [2.75, 3.05) is 13.1 Å². The second-order valence-electron chi connectivity index (χ2n) is 6.76. The molecule has 6 nitrogen and oxygen atoms in total. The van der Waals surface area contributed by atoms with Crippen LogP contribution in [-0.4, -0.2) is 38.8 Å². The summed E-state index contributed by atoms with van der Waals surface area (Å²) in [5.41, 5.74) is 4.22. The van der Waals surface area contributed by atoms with E-state index in [9.17, 15) is 4.79 Å². The maximum absolute atomic E-state index is 12.8. The Morgan fingerprint density at radius 2 is 1.55 bits per heavy atom. The molecule has 0 aliphatic carbocycles. The molecule has 31 heavy (non-hydrogen) atoms. The Bertz CT molecular complexity index is 1030. The van der Waals surface area contributed by atoms with E-state index in [0.717, 1.165) is 31.5 Å². The minimum atomic E-state index is -0.356. The van der Waals surface area contributed by atoms with E-state index >= 15 is 0 Å². The van der Waals surface area contributed by atoms with Crippen LogP contribution in [0, 0.1) is 0 Å². The molecule has 0 unspecified atom stereocenters. The molecule has 0 atom stereocenters. The number of carbonyl (C=O) groups excluding carboxylic acids is 1. The van der Waals surface area contributed by atoms with Gasteiger partial charge in [-0.15, -0.1) is 29.9 Å². The monoisotopic (exact) mass is 521 g/mol. The van der Waals surface area contributed by atoms with Gasteiger partial charge in [-0.3, -0.25) is 10.2 Å². The van der Waals surface area contributed by atoms with Gasteiger partial charge in [-0.2, -0.15) is 0 Å². The number of benzene rings is 2. The van der Waals surface area contributed by atoms with Crippen LogP contribution >= 0.6 is 59.6 Å². The summed E-state index contributed by atoms with van der Waals surface area (Å²) in [7, 11) is 0. The van der Waals surface area contributed by atoms with Gasteiger partial charge >= 0.3 is 5.91 Å². The number of hydrazine groups is 1. The molecule has 0 radical (unpaired) electrons. The van der Waals surface area contributed by atoms with E-state index in [4.69, 9.17) is 34.8 Å². The van der Waals surface area contributed by atoms with Crippen molar-refractivity contribution in [3.63, 3.8) is 0 Å². The lowest BCUT2D eigenvalue weighted by Gasteiger charge is -2.26. The van der Waals surface area contributed by atoms with Gasteiger partial charge < -0.3 is 0 Å². The average Bonchev–Trinajstić information content (AvgIpc) is 3.14. The van der Waals surface area contributed by atoms with E-state index in [1.807, 2.05) is 17.1 Å². The molecule has 1 aromatic heterocycles. The van der Waals surface area contributed by atoms with Crippen LogP contribution < -0.4 is 5.43 Å². The normalized spacial score (nSPS) is 13.8. The quantitative estimate of drug-likeness (QED) is 0.465. The smallest absolute Gasteiger partial charge is 0.282 e. The number of carbonyl (C=O) groups is 1. The average molecular weight is 524 g/mol. The van der Waals surface area contributed by atoms with Crippen LogP contribution in [0.3, 0.4) is 0 Å². The number of piperidine rings is 1. The molecule has 1 saturated heterocycles. The highest BCUT2D eigenvalue weighted by Gasteiger charge is 2.22. The van der Waals surface area contributed by atoms with E-state index in [1.165, 1.54) is 6.42 Å². The topological polar surface area (TPSA) is 63.1 Å². The number of amides is 1. The molecule has 1 aliphatic rings. The Morgan fingerprint density at radius 1 is 0.903 bits per heavy atom. The fourth-order valence-corrected chi connectivity index (χ4v) is 3.83. The highest BCUT2D eigenvalue weighted by Crippen LogP contribution is 2.29. The summed E-state index contributed by atoms with van der Waals surface area (Å²) in [6.07, 6.45) is 3.28. The minimum absolute atomic E-state index is 0. The van der Waals surface area contributed by atoms with Crippen molar-refractivity contribution in [3.05, 3.63) is 63.4 Å². The van der Waals surface area contributed by atoms with E-state index in [2.05, 4.69) is 15.5 Å². The van der Waals surface area contributed by atoms with E-state index < -0.39 is 0 Å². The Labute approximate surface area is 207 Å². The molecule has 0 saturated carbocycles. The second kappa shape index (κ2) is 11.4. The van der Waals surface area contributed by atoms with E-state index in [1.54, 1.807) is 35.0 Å². The number of hydrogen-bond acceptors (Lipinski definition) is 4. The first-order valence-corrected chi connectivity index (χ1v) is 10.4. The number of nitrogens with zero attached hydrogens (tertiary/aromatic N) is 4. The summed E-state index contributed by atoms with van der Waals surface area (Å²) in [5, 5.41) is 7.86. The van der Waals surface area contributed by atoms with Crippen molar-refractivity contribution < 1.29 is 4.79 Å². The Hall–Kier alpha value is -1.54. The van der Waals surface area contributed by atoms with Crippen molar-refractivity contribution in [3.8, 4) is 17.1 Å². The maximum Gasteiger partial charge on any atom is 0.305 e. The largest absolute Gasteiger partial charge is 0.305 e. The molecule has 1 aliphatic heterocycles. The molecule has 2 heterocycles. The van der Waals surface area contributed by atoms with Gasteiger partial charge in [-0.25, -0.2) is 14.7 Å². The lowest BCUT2D eigenvalue weighted by Crippen LogP contribution is -2.45. The van der Waals surface area contributed by atoms with Gasteiger partial charge in [0.2, 0.25) is 5.82 Å². The molecule has 166 valence electrons. The van der Waals surface area contributed by atoms with Crippen LogP contribution in [0.25, 0.3) is 17.1 Å². The van der Waals surface area contributed by atoms with Crippen LogP contribution in [0.15, 0.2) is 42.5 Å². The number of hydrogen-bond donors (Lipinski definition) is 1. The van der Waals surface area contributed by atoms with Crippen LogP contribution in [0.2, 0.25) is 15.1 Å². The lowest BCUT2D eigenvalue weighted by molar-refractivity contribution is 0.0739. The second-order valence-corrected chi connectivity index (χ2v) is 8.04. The molecule has 4 rings (SSSR count). The van der Waals surface area contributed by atoms with Crippen molar-refractivity contribution >= 4 is 65.5 Å². The summed E-state index contributed by atoms with van der Waals surface area (Å²) in [4.78, 5) is 17.3. The molecule has 0 spiro atoms. The molecule has 1 fully saturated rings. The first-order valence-electron chi connectivity index (χ1n) is 9.25. The van der Waals surface area contributed by atoms with Crippen LogP contribution in [0.4, 0.5) is 0 Å². The van der Waals surface area contributed by atoms with Gasteiger partial charge in [0.05, 0.1) is 10.7 Å². The van der Waals surface area contributed by atoms with Gasteiger partial charge in [-0.1, -0.05) is 41.2 Å². The number of aromatic nitrogens is 3. The molecule has 3 aromatic rings. The van der Waals surface area contributed by atoms with Gasteiger partial charge in [0, 0.05) is 28.7 Å². The molecule has 11 heteroatoms. The van der Waals surface area contributed by atoms with Crippen molar-refractivity contribution in [1.29, 1.82) is 0 Å². The molecular formula is C20H20Cl5N5O. The third-order valence-corrected chi connectivity index (χ3v) is 5.46. The first kappa shape index (κ1) is 25.7. The third-order valence-electron chi connectivity index (χ3n) is 4.67. The summed E-state index contributed by atoms with van der Waals surface area (Å²) < 4.78 is 1.55. The zero-order valence-electron chi connectivity index (χ0n) is 16.2. The van der Waals surface area contributed by atoms with Crippen molar-refractivity contribution in [1.82, 2.24) is 25.2 Å². The van der Waals surface area contributed by atoms with Gasteiger partial charge in [0.25, 0.3) is 0 Å². The number of halogens is 5. The van der Waals surface area contributed by atoms with E-state index in [-0.39, 0.29) is 36.5 Å². The number of nitrogens with one attached hydrogen (secondary N) is 1. The fraction of sp³-hybridized carbons (Fsp3) is 0.250. The zero-order chi connectivity index (χ0) is 20.4. The van der Waals surface area contributed by atoms with Gasteiger partial charge in [-0.05, 0) is 55.3 Å². The van der Waals surface area contributed by atoms with Crippen LogP contribution in [0.1, 0.15) is 29.9 Å². The summed E-state index contributed by atoms with van der Waals surface area (Å²) in [6, 6.07) is 12.2. The Morgan fingerprint density at radius 3 is 2.19 bits per heavy atom. The van der Waals surface area contributed by atoms with Crippen LogP contribution in [0.5, 0.6) is 0 Å². The van der Waals surface area contributed by atoms with E-state index in [0.29, 0.717) is 26.6 Å². The lowest BCUT2D eigenvalue weighted by atomic mass is 10.2. The van der Waals surface area contributed by atoms with Crippen molar-refractivity contribution in [2.24, 2.45) is 0 Å². The fourth-order valence-electron chi connectivity index (χ4n) is 3.21. The predicted molar refractivity (Wildman–Crippen MR) is 129 cm³/mol. The SMILES string of the molecule is Cl.Cl.O=C(NN1CCCCC1)c1nc(-c2ccc(Cl)cc2)n(-c2ccc(Cl)cc2Cl)n1. The zero-order valence-corrected chi connectivity index (χ0v) is 20.1. The standard InChI is InChI=1S/C20H18Cl3N5O.2ClH/c21-14-6-4-13(5-7-14)19-24-18(20(29)26-27-10-2-1-3-11-27)25-28(19)17-9-8-15(22)12-16(17)23;;/h4-9,12H,1-3,10-11H2,(H,26,29);2*1H. The molecule has 1 N–H and O–H groups in total. The van der Waals surface area contributed by atoms with Gasteiger partial charge in [0.15, 0.2) is 5.82 Å². The maximum atomic E-state index is 12.8. The third kappa shape index (κ3) is 6.04. The summed E-state index contributed by atoms with van der Waals surface area (Å²) in [6.45, 7) is 1.64. The molecular weight excluding hydrogens is 504 g/mol. The van der Waals surface area contributed by atoms with Crippen LogP contribution in [-0.2, 0) is 0 Å². The number of rotatable bonds is 4. The highest BCUT2D eigenvalue weighted by molar-refractivity contribution is 6.35. The minimum Gasteiger partial charge on any atom is -0.282 e. The Kier molecular flexibility index (Phi) is 9.43. The first-order chi connectivity index (χ1) is 14.0. The Balaban J connectivity index is 0.00000171. The van der Waals surface area contributed by atoms with Crippen molar-refractivity contribution in [2.45, 2.75) is 19.3 Å². The summed E-state index contributed by atoms with van der Waals surface area (Å²) in [5.74, 6) is 0.187. The highest BCUT2D eigenvalue weighted by atomic mass is 35.5. The summed E-state index contributed by atoms with van der Waals surface area (Å²) >= 11 is 18.4. The molecule has 0 bridgehead atoms.